The zero-order chi connectivity index (χ0) is 22.9. The predicted octanol–water partition coefficient (Wildman–Crippen LogP) is 2.31. The lowest BCUT2D eigenvalue weighted by Gasteiger charge is -2.52. The number of para-hydroxylation sites is 1. The summed E-state index contributed by atoms with van der Waals surface area (Å²) in [6.07, 6.45) is 3.21. The van der Waals surface area contributed by atoms with E-state index >= 15 is 0 Å². The van der Waals surface area contributed by atoms with Crippen molar-refractivity contribution in [2.24, 2.45) is 22.9 Å². The molecule has 2 aliphatic heterocycles. The third-order valence-electron chi connectivity index (χ3n) is 7.52. The quantitative estimate of drug-likeness (QED) is 0.237. The van der Waals surface area contributed by atoms with E-state index in [1.165, 1.54) is 7.11 Å². The van der Waals surface area contributed by atoms with E-state index in [1.54, 1.807) is 4.90 Å². The third-order valence-corrected chi connectivity index (χ3v) is 7.52. The summed E-state index contributed by atoms with van der Waals surface area (Å²) in [5, 5.41) is 27.2. The number of likely N-dealkylation sites (tertiary alicyclic amines) is 1. The van der Waals surface area contributed by atoms with E-state index in [0.29, 0.717) is 31.5 Å². The maximum absolute atomic E-state index is 13.5. The topological polar surface area (TPSA) is 151 Å². The fraction of sp³-hybridized carbons (Fsp3) is 0.591. The van der Waals surface area contributed by atoms with Crippen LogP contribution in [-0.2, 0) is 19.7 Å². The van der Waals surface area contributed by atoms with Crippen molar-refractivity contribution in [2.75, 3.05) is 25.5 Å². The molecule has 168 valence electrons. The van der Waals surface area contributed by atoms with Crippen LogP contribution in [0, 0.1) is 29.2 Å². The molecule has 32 heavy (non-hydrogen) atoms. The maximum atomic E-state index is 13.5. The Morgan fingerprint density at radius 1 is 1.47 bits per heavy atom. The van der Waals surface area contributed by atoms with Crippen LogP contribution in [0.2, 0.25) is 0 Å². The molecule has 2 unspecified atom stereocenters. The van der Waals surface area contributed by atoms with Gasteiger partial charge in [0.05, 0.1) is 30.6 Å². The minimum Gasteiger partial charge on any atom is -0.469 e. The number of aliphatic hydroxyl groups is 1. The first-order valence-electron chi connectivity index (χ1n) is 10.8. The summed E-state index contributed by atoms with van der Waals surface area (Å²) in [6.45, 7) is 0.482. The van der Waals surface area contributed by atoms with E-state index in [9.17, 15) is 20.0 Å². The minimum atomic E-state index is -1.12. The van der Waals surface area contributed by atoms with Crippen LogP contribution >= 0.6 is 0 Å². The van der Waals surface area contributed by atoms with Crippen molar-refractivity contribution in [3.05, 3.63) is 40.3 Å². The summed E-state index contributed by atoms with van der Waals surface area (Å²) in [6, 6.07) is 6.78. The summed E-state index contributed by atoms with van der Waals surface area (Å²) >= 11 is 0. The van der Waals surface area contributed by atoms with Gasteiger partial charge < -0.3 is 20.1 Å². The number of piperidine rings is 1. The number of nitriles is 1. The zero-order valence-electron chi connectivity index (χ0n) is 17.8. The average Bonchev–Trinajstić information content (AvgIpc) is 3.09. The molecule has 4 rings (SSSR count). The van der Waals surface area contributed by atoms with Gasteiger partial charge >= 0.3 is 5.97 Å². The Hall–Kier alpha value is -3.28. The highest BCUT2D eigenvalue weighted by atomic mass is 16.5. The predicted molar refractivity (Wildman–Crippen MR) is 114 cm³/mol. The second-order valence-corrected chi connectivity index (χ2v) is 8.80. The summed E-state index contributed by atoms with van der Waals surface area (Å²) in [7, 11) is 1.31. The van der Waals surface area contributed by atoms with Crippen LogP contribution in [-0.4, -0.2) is 54.2 Å². The number of anilines is 1. The number of hydrogen-bond donors (Lipinski definition) is 2. The van der Waals surface area contributed by atoms with Gasteiger partial charge in [0.1, 0.15) is 0 Å². The normalized spacial score (nSPS) is 33.2. The molecule has 0 radical (unpaired) electrons. The van der Waals surface area contributed by atoms with Gasteiger partial charge in [0.2, 0.25) is 5.91 Å². The Morgan fingerprint density at radius 3 is 2.97 bits per heavy atom. The number of carbonyl (C=O) groups is 2. The molecule has 10 heteroatoms. The lowest BCUT2D eigenvalue weighted by Crippen LogP contribution is -2.61. The Labute approximate surface area is 185 Å². The lowest BCUT2D eigenvalue weighted by atomic mass is 9.60. The molecule has 1 amide bonds. The molecule has 2 heterocycles. The number of methoxy groups -OCH3 is 1. The molecule has 1 saturated carbocycles. The van der Waals surface area contributed by atoms with Gasteiger partial charge in [0.15, 0.2) is 6.19 Å². The molecule has 2 N–H and O–H groups in total. The second-order valence-electron chi connectivity index (χ2n) is 8.80. The molecular weight excluding hydrogens is 412 g/mol. The number of ether oxygens (including phenoxy) is 1. The molecule has 3 aliphatic rings. The van der Waals surface area contributed by atoms with E-state index in [2.05, 4.69) is 21.5 Å². The summed E-state index contributed by atoms with van der Waals surface area (Å²) in [4.78, 5) is 30.5. The molecular formula is C22H26N6O4. The maximum Gasteiger partial charge on any atom is 0.311 e. The number of esters is 1. The van der Waals surface area contributed by atoms with Gasteiger partial charge in [-0.05, 0) is 54.7 Å². The molecule has 10 nitrogen and oxygen atoms in total. The lowest BCUT2D eigenvalue weighted by molar-refractivity contribution is -0.160. The van der Waals surface area contributed by atoms with Gasteiger partial charge in [-0.25, -0.2) is 0 Å². The number of aliphatic hydroxyl groups excluding tert-OH is 1. The Kier molecular flexibility index (Phi) is 5.96. The van der Waals surface area contributed by atoms with Crippen molar-refractivity contribution in [3.63, 3.8) is 0 Å². The number of fused-ring (bicyclic) bond motifs is 2. The van der Waals surface area contributed by atoms with Crippen molar-refractivity contribution >= 4 is 17.6 Å². The number of carbonyl (C=O) groups excluding carboxylic acids is 2. The standard InChI is InChI=1S/C22H26N6O4/c1-32-20(30)19-14-10-18(28(12-23)11-13(14)6-7-17(19)29)22(8-9-25-27-24)15-4-2-3-5-16(15)26-21(22)31/h2-5,13-14,17-19,29H,6-11H2,1H3,(H,26,31)/t13-,14?,17-,18?,19+,22-/m0/s1. The van der Waals surface area contributed by atoms with Crippen LogP contribution < -0.4 is 5.32 Å². The molecule has 1 saturated heterocycles. The van der Waals surface area contributed by atoms with E-state index < -0.39 is 29.4 Å². The number of hydrogen-bond acceptors (Lipinski definition) is 7. The van der Waals surface area contributed by atoms with Crippen molar-refractivity contribution in [1.82, 2.24) is 4.90 Å². The molecule has 1 aliphatic carbocycles. The summed E-state index contributed by atoms with van der Waals surface area (Å²) in [5.41, 5.74) is 9.13. The van der Waals surface area contributed by atoms with Gasteiger partial charge in [-0.15, -0.1) is 0 Å². The SMILES string of the molecule is COC(=O)[C@@H]1C2CC([C@@]3(CCN=[N+]=[N-])C(=O)Nc4ccccc43)N(C#N)C[C@@H]2CC[C@@H]1O. The molecule has 2 fully saturated rings. The highest BCUT2D eigenvalue weighted by Gasteiger charge is 2.58. The fourth-order valence-corrected chi connectivity index (χ4v) is 6.09. The van der Waals surface area contributed by atoms with E-state index in [-0.39, 0.29) is 30.7 Å². The van der Waals surface area contributed by atoms with E-state index in [0.717, 1.165) is 5.56 Å². The van der Waals surface area contributed by atoms with Crippen LogP contribution in [0.3, 0.4) is 0 Å². The number of nitrogens with one attached hydrogen (secondary N) is 1. The molecule has 0 spiro atoms. The minimum absolute atomic E-state index is 0.0345. The van der Waals surface area contributed by atoms with Gasteiger partial charge in [0, 0.05) is 23.7 Å². The van der Waals surface area contributed by atoms with Crippen LogP contribution in [0.25, 0.3) is 10.4 Å². The first-order valence-corrected chi connectivity index (χ1v) is 10.8. The van der Waals surface area contributed by atoms with Crippen LogP contribution in [0.15, 0.2) is 29.4 Å². The molecule has 6 atom stereocenters. The van der Waals surface area contributed by atoms with Crippen LogP contribution in [0.5, 0.6) is 0 Å². The van der Waals surface area contributed by atoms with Gasteiger partial charge in [-0.2, -0.15) is 5.26 Å². The first kappa shape index (κ1) is 21.9. The number of rotatable bonds is 5. The highest BCUT2D eigenvalue weighted by molar-refractivity contribution is 6.07. The molecule has 0 aromatic heterocycles. The largest absolute Gasteiger partial charge is 0.469 e. The van der Waals surface area contributed by atoms with Crippen molar-refractivity contribution in [3.8, 4) is 6.19 Å². The number of azide groups is 1. The van der Waals surface area contributed by atoms with Crippen LogP contribution in [0.4, 0.5) is 5.69 Å². The van der Waals surface area contributed by atoms with Gasteiger partial charge in [-0.3, -0.25) is 9.59 Å². The fourth-order valence-electron chi connectivity index (χ4n) is 6.09. The van der Waals surface area contributed by atoms with Crippen molar-refractivity contribution in [1.29, 1.82) is 5.26 Å². The third kappa shape index (κ3) is 3.34. The zero-order valence-corrected chi connectivity index (χ0v) is 17.8. The Bertz CT molecular complexity index is 1000. The van der Waals surface area contributed by atoms with E-state index in [1.807, 2.05) is 24.3 Å². The second kappa shape index (κ2) is 8.69. The van der Waals surface area contributed by atoms with Gasteiger partial charge in [-0.1, -0.05) is 23.3 Å². The van der Waals surface area contributed by atoms with Crippen molar-refractivity contribution < 1.29 is 19.4 Å². The first-order chi connectivity index (χ1) is 15.5. The molecule has 1 aromatic rings. The van der Waals surface area contributed by atoms with E-state index in [4.69, 9.17) is 10.3 Å². The number of amides is 1. The monoisotopic (exact) mass is 438 g/mol. The molecule has 1 aromatic carbocycles. The number of benzene rings is 1. The Balaban J connectivity index is 1.80. The summed E-state index contributed by atoms with van der Waals surface area (Å²) < 4.78 is 4.99. The molecule has 0 bridgehead atoms. The van der Waals surface area contributed by atoms with Gasteiger partial charge in [0.25, 0.3) is 0 Å². The number of nitrogens with zero attached hydrogens (tertiary/aromatic N) is 5. The average molecular weight is 438 g/mol. The van der Waals surface area contributed by atoms with Crippen molar-refractivity contribution in [2.45, 2.75) is 43.2 Å². The Morgan fingerprint density at radius 2 is 2.25 bits per heavy atom. The smallest absolute Gasteiger partial charge is 0.311 e. The highest BCUT2D eigenvalue weighted by Crippen LogP contribution is 2.51. The summed E-state index contributed by atoms with van der Waals surface area (Å²) in [5.74, 6) is -1.60. The van der Waals surface area contributed by atoms with Crippen LogP contribution in [0.1, 0.15) is 31.2 Å².